The maximum absolute atomic E-state index is 4.60. The van der Waals surface area contributed by atoms with Crippen molar-refractivity contribution in [3.05, 3.63) is 17.6 Å². The van der Waals surface area contributed by atoms with Gasteiger partial charge in [0.25, 0.3) is 0 Å². The third kappa shape index (κ3) is 2.95. The summed E-state index contributed by atoms with van der Waals surface area (Å²) in [5, 5.41) is 3.65. The number of hydrogen-bond acceptors (Lipinski definition) is 4. The molecule has 0 atom stereocenters. The lowest BCUT2D eigenvalue weighted by Crippen LogP contribution is -2.43. The number of nitrogens with zero attached hydrogens (tertiary/aromatic N) is 3. The van der Waals surface area contributed by atoms with Crippen molar-refractivity contribution in [3.63, 3.8) is 0 Å². The topological polar surface area (TPSA) is 41.0 Å². The predicted octanol–water partition coefficient (Wildman–Crippen LogP) is 2.32. The van der Waals surface area contributed by atoms with Crippen LogP contribution in [0.3, 0.4) is 0 Å². The molecule has 1 aliphatic carbocycles. The van der Waals surface area contributed by atoms with Crippen LogP contribution in [0, 0.1) is 0 Å². The fourth-order valence-electron chi connectivity index (χ4n) is 3.42. The van der Waals surface area contributed by atoms with E-state index in [-0.39, 0.29) is 0 Å². The van der Waals surface area contributed by atoms with Gasteiger partial charge in [0.1, 0.15) is 12.1 Å². The SMILES string of the molecule is CCCNC1CCN(c2ncnc3c2CCCC3)CC1. The van der Waals surface area contributed by atoms with E-state index in [0.717, 1.165) is 26.1 Å². The number of anilines is 1. The summed E-state index contributed by atoms with van der Waals surface area (Å²) in [7, 11) is 0. The molecule has 0 saturated carbocycles. The van der Waals surface area contributed by atoms with E-state index in [1.54, 1.807) is 6.33 Å². The highest BCUT2D eigenvalue weighted by Crippen LogP contribution is 2.28. The molecule has 2 aliphatic rings. The van der Waals surface area contributed by atoms with E-state index >= 15 is 0 Å². The molecule has 110 valence electrons. The number of nitrogens with one attached hydrogen (secondary N) is 1. The van der Waals surface area contributed by atoms with Gasteiger partial charge in [-0.1, -0.05) is 6.92 Å². The van der Waals surface area contributed by atoms with Crippen LogP contribution < -0.4 is 10.2 Å². The Hall–Kier alpha value is -1.16. The van der Waals surface area contributed by atoms with Gasteiger partial charge in [0.2, 0.25) is 0 Å². The van der Waals surface area contributed by atoms with E-state index in [9.17, 15) is 0 Å². The number of aromatic nitrogens is 2. The van der Waals surface area contributed by atoms with Crippen molar-refractivity contribution < 1.29 is 0 Å². The first-order chi connectivity index (χ1) is 9.88. The monoisotopic (exact) mass is 274 g/mol. The van der Waals surface area contributed by atoms with Gasteiger partial charge in [-0.05, 0) is 51.5 Å². The van der Waals surface area contributed by atoms with Crippen LogP contribution in [0.5, 0.6) is 0 Å². The average Bonchev–Trinajstić information content (AvgIpc) is 2.53. The second-order valence-electron chi connectivity index (χ2n) is 6.05. The Balaban J connectivity index is 1.66. The smallest absolute Gasteiger partial charge is 0.135 e. The van der Waals surface area contributed by atoms with Gasteiger partial charge in [-0.3, -0.25) is 0 Å². The summed E-state index contributed by atoms with van der Waals surface area (Å²) in [6.07, 6.45) is 10.3. The minimum Gasteiger partial charge on any atom is -0.356 e. The summed E-state index contributed by atoms with van der Waals surface area (Å²) in [6.45, 7) is 5.64. The standard InChI is InChI=1S/C16H26N4/c1-2-9-17-13-7-10-20(11-8-13)16-14-5-3-4-6-15(14)18-12-19-16/h12-13,17H,2-11H2,1H3. The molecule has 1 aromatic rings. The lowest BCUT2D eigenvalue weighted by Gasteiger charge is -2.35. The average molecular weight is 274 g/mol. The highest BCUT2D eigenvalue weighted by atomic mass is 15.2. The summed E-state index contributed by atoms with van der Waals surface area (Å²) in [6, 6.07) is 0.698. The predicted molar refractivity (Wildman–Crippen MR) is 82.2 cm³/mol. The fourth-order valence-corrected chi connectivity index (χ4v) is 3.42. The largest absolute Gasteiger partial charge is 0.356 e. The molecule has 0 bridgehead atoms. The number of hydrogen-bond donors (Lipinski definition) is 1. The molecule has 20 heavy (non-hydrogen) atoms. The molecule has 0 unspecified atom stereocenters. The zero-order chi connectivity index (χ0) is 13.8. The van der Waals surface area contributed by atoms with Crippen LogP contribution in [0.2, 0.25) is 0 Å². The molecule has 1 fully saturated rings. The molecule has 1 aliphatic heterocycles. The Morgan fingerprint density at radius 2 is 2.00 bits per heavy atom. The first-order valence-electron chi connectivity index (χ1n) is 8.19. The Morgan fingerprint density at radius 3 is 2.80 bits per heavy atom. The zero-order valence-electron chi connectivity index (χ0n) is 12.6. The van der Waals surface area contributed by atoms with Crippen LogP contribution in [0.25, 0.3) is 0 Å². The molecule has 4 heteroatoms. The van der Waals surface area contributed by atoms with Crippen LogP contribution >= 0.6 is 0 Å². The molecule has 0 aromatic carbocycles. The van der Waals surface area contributed by atoms with Crippen LogP contribution in [0.15, 0.2) is 6.33 Å². The first kappa shape index (κ1) is 13.8. The van der Waals surface area contributed by atoms with Crippen molar-refractivity contribution in [1.29, 1.82) is 0 Å². The molecule has 1 saturated heterocycles. The lowest BCUT2D eigenvalue weighted by molar-refractivity contribution is 0.413. The molecule has 0 amide bonds. The number of fused-ring (bicyclic) bond motifs is 1. The van der Waals surface area contributed by atoms with E-state index in [0.29, 0.717) is 6.04 Å². The van der Waals surface area contributed by atoms with Crippen molar-refractivity contribution in [2.24, 2.45) is 0 Å². The lowest BCUT2D eigenvalue weighted by atomic mass is 9.95. The Kier molecular flexibility index (Phi) is 4.51. The molecule has 0 radical (unpaired) electrons. The molecule has 1 aromatic heterocycles. The molecule has 4 nitrogen and oxygen atoms in total. The maximum Gasteiger partial charge on any atom is 0.135 e. The number of aryl methyl sites for hydroxylation is 1. The van der Waals surface area contributed by atoms with Gasteiger partial charge < -0.3 is 10.2 Å². The Labute approximate surface area is 122 Å². The van der Waals surface area contributed by atoms with Crippen molar-refractivity contribution in [1.82, 2.24) is 15.3 Å². The maximum atomic E-state index is 4.60. The third-order valence-corrected chi connectivity index (χ3v) is 4.58. The molecular weight excluding hydrogens is 248 g/mol. The van der Waals surface area contributed by atoms with Gasteiger partial charge >= 0.3 is 0 Å². The van der Waals surface area contributed by atoms with Crippen molar-refractivity contribution in [3.8, 4) is 0 Å². The molecular formula is C16H26N4. The number of rotatable bonds is 4. The van der Waals surface area contributed by atoms with Crippen LogP contribution in [0.4, 0.5) is 5.82 Å². The van der Waals surface area contributed by atoms with Crippen LogP contribution in [0.1, 0.15) is 50.3 Å². The van der Waals surface area contributed by atoms with Crippen molar-refractivity contribution in [2.45, 2.75) is 57.9 Å². The molecule has 2 heterocycles. The van der Waals surface area contributed by atoms with E-state index in [2.05, 4.69) is 27.1 Å². The van der Waals surface area contributed by atoms with Gasteiger partial charge in [-0.25, -0.2) is 9.97 Å². The molecule has 0 spiro atoms. The van der Waals surface area contributed by atoms with Crippen molar-refractivity contribution in [2.75, 3.05) is 24.5 Å². The second-order valence-corrected chi connectivity index (χ2v) is 6.05. The van der Waals surface area contributed by atoms with E-state index in [1.807, 2.05) is 0 Å². The molecule has 3 rings (SSSR count). The van der Waals surface area contributed by atoms with Gasteiger partial charge in [-0.2, -0.15) is 0 Å². The van der Waals surface area contributed by atoms with Crippen molar-refractivity contribution >= 4 is 5.82 Å². The van der Waals surface area contributed by atoms with Crippen LogP contribution in [-0.4, -0.2) is 35.6 Å². The molecule has 1 N–H and O–H groups in total. The third-order valence-electron chi connectivity index (χ3n) is 4.58. The van der Waals surface area contributed by atoms with Gasteiger partial charge in [0.05, 0.1) is 0 Å². The van der Waals surface area contributed by atoms with Gasteiger partial charge in [0.15, 0.2) is 0 Å². The normalized spacial score (nSPS) is 19.9. The summed E-state index contributed by atoms with van der Waals surface area (Å²) in [5.41, 5.74) is 2.73. The Bertz CT molecular complexity index is 438. The summed E-state index contributed by atoms with van der Waals surface area (Å²) in [4.78, 5) is 11.6. The highest BCUT2D eigenvalue weighted by Gasteiger charge is 2.24. The Morgan fingerprint density at radius 1 is 1.20 bits per heavy atom. The summed E-state index contributed by atoms with van der Waals surface area (Å²) in [5.74, 6) is 1.23. The van der Waals surface area contributed by atoms with Crippen LogP contribution in [-0.2, 0) is 12.8 Å². The van der Waals surface area contributed by atoms with Gasteiger partial charge in [0, 0.05) is 30.4 Å². The zero-order valence-corrected chi connectivity index (χ0v) is 12.6. The second kappa shape index (κ2) is 6.53. The van der Waals surface area contributed by atoms with E-state index in [1.165, 1.54) is 55.6 Å². The van der Waals surface area contributed by atoms with Gasteiger partial charge in [-0.15, -0.1) is 0 Å². The fraction of sp³-hybridized carbons (Fsp3) is 0.750. The highest BCUT2D eigenvalue weighted by molar-refractivity contribution is 5.49. The summed E-state index contributed by atoms with van der Waals surface area (Å²) >= 11 is 0. The summed E-state index contributed by atoms with van der Waals surface area (Å²) < 4.78 is 0. The van der Waals surface area contributed by atoms with E-state index < -0.39 is 0 Å². The van der Waals surface area contributed by atoms with E-state index in [4.69, 9.17) is 0 Å². The quantitative estimate of drug-likeness (QED) is 0.915. The minimum atomic E-state index is 0.698. The first-order valence-corrected chi connectivity index (χ1v) is 8.19. The minimum absolute atomic E-state index is 0.698. The number of piperidine rings is 1.